The highest BCUT2D eigenvalue weighted by molar-refractivity contribution is 7.92. The Bertz CT molecular complexity index is 1460. The van der Waals surface area contributed by atoms with Gasteiger partial charge in [0.25, 0.3) is 0 Å². The Balaban J connectivity index is 1.45. The molecule has 0 unspecified atom stereocenters. The summed E-state index contributed by atoms with van der Waals surface area (Å²) >= 11 is 0. The fraction of sp³-hybridized carbons (Fsp3) is 0.435. The number of hydrogen-bond acceptors (Lipinski definition) is 8. The second kappa shape index (κ2) is 11.3. The first kappa shape index (κ1) is 28.4. The van der Waals surface area contributed by atoms with Crippen LogP contribution in [0.15, 0.2) is 58.3 Å². The Labute approximate surface area is 223 Å². The molecule has 2 aromatic rings. The number of carbonyl (C=O) groups is 1. The smallest absolute Gasteiger partial charge is 0.245 e. The van der Waals surface area contributed by atoms with Gasteiger partial charge in [0.1, 0.15) is 6.54 Å². The van der Waals surface area contributed by atoms with Gasteiger partial charge in [-0.3, -0.25) is 9.10 Å². The third-order valence-electron chi connectivity index (χ3n) is 6.26. The highest BCUT2D eigenvalue weighted by Crippen LogP contribution is 2.24. The molecule has 1 amide bonds. The van der Waals surface area contributed by atoms with E-state index in [2.05, 4.69) is 5.32 Å². The van der Waals surface area contributed by atoms with E-state index in [0.29, 0.717) is 32.0 Å². The molecule has 0 aromatic heterocycles. The number of nitrogens with one attached hydrogen (secondary N) is 1. The maximum absolute atomic E-state index is 12.8. The lowest BCUT2D eigenvalue weighted by molar-refractivity contribution is -0.114. The van der Waals surface area contributed by atoms with Crippen molar-refractivity contribution < 1.29 is 34.8 Å². The van der Waals surface area contributed by atoms with Crippen LogP contribution in [-0.4, -0.2) is 92.0 Å². The Morgan fingerprint density at radius 1 is 0.789 bits per heavy atom. The molecule has 1 N–H and O–H groups in total. The van der Waals surface area contributed by atoms with Crippen molar-refractivity contribution in [2.45, 2.75) is 22.6 Å². The van der Waals surface area contributed by atoms with Crippen LogP contribution in [0.1, 0.15) is 12.8 Å². The zero-order valence-corrected chi connectivity index (χ0v) is 23.3. The third kappa shape index (κ3) is 6.35. The lowest BCUT2D eigenvalue weighted by Gasteiger charge is -2.26. The number of sulfonamides is 3. The van der Waals surface area contributed by atoms with Gasteiger partial charge in [-0.1, -0.05) is 0 Å². The zero-order chi connectivity index (χ0) is 27.6. The van der Waals surface area contributed by atoms with Crippen molar-refractivity contribution in [1.29, 1.82) is 0 Å². The van der Waals surface area contributed by atoms with Crippen molar-refractivity contribution >= 4 is 47.4 Å². The van der Waals surface area contributed by atoms with Gasteiger partial charge in [-0.05, 0) is 61.4 Å². The van der Waals surface area contributed by atoms with E-state index in [1.54, 1.807) is 0 Å². The molecule has 12 nitrogen and oxygen atoms in total. The summed E-state index contributed by atoms with van der Waals surface area (Å²) in [5, 5.41) is 2.57. The van der Waals surface area contributed by atoms with Gasteiger partial charge in [0.05, 0.1) is 34.9 Å². The maximum atomic E-state index is 12.8. The van der Waals surface area contributed by atoms with Gasteiger partial charge >= 0.3 is 0 Å². The summed E-state index contributed by atoms with van der Waals surface area (Å²) in [6.07, 6.45) is 2.57. The molecule has 4 rings (SSSR count). The Kier molecular flexibility index (Phi) is 8.44. The molecule has 2 aromatic carbocycles. The standard InChI is InChI=1S/C23H30N4O8S3/c1-36(29,30)27(20-6-10-22(11-7-20)38(33,34)26-14-16-35-17-15-26)18-23(28)24-19-4-8-21(9-5-19)37(31,32)25-12-2-3-13-25/h4-11H,2-3,12-18H2,1H3,(H,24,28). The van der Waals surface area contributed by atoms with Crippen molar-refractivity contribution in [2.24, 2.45) is 0 Å². The summed E-state index contributed by atoms with van der Waals surface area (Å²) in [7, 11) is -11.3. The van der Waals surface area contributed by atoms with Gasteiger partial charge in [0.2, 0.25) is 36.0 Å². The van der Waals surface area contributed by atoms with Gasteiger partial charge in [-0.25, -0.2) is 25.3 Å². The minimum atomic E-state index is -3.90. The number of amides is 1. The van der Waals surface area contributed by atoms with Crippen molar-refractivity contribution in [3.8, 4) is 0 Å². The number of rotatable bonds is 9. The molecule has 2 saturated heterocycles. The molecule has 2 fully saturated rings. The highest BCUT2D eigenvalue weighted by atomic mass is 32.2. The van der Waals surface area contributed by atoms with Crippen molar-refractivity contribution in [1.82, 2.24) is 8.61 Å². The van der Waals surface area contributed by atoms with Crippen LogP contribution in [0.3, 0.4) is 0 Å². The monoisotopic (exact) mass is 586 g/mol. The molecular formula is C23H30N4O8S3. The summed E-state index contributed by atoms with van der Waals surface area (Å²) in [5.74, 6) is -0.657. The predicted octanol–water partition coefficient (Wildman–Crippen LogP) is 0.897. The van der Waals surface area contributed by atoms with E-state index in [0.717, 1.165) is 23.4 Å². The summed E-state index contributed by atoms with van der Waals surface area (Å²) in [6.45, 7) is 1.43. The SMILES string of the molecule is CS(=O)(=O)N(CC(=O)Nc1ccc(S(=O)(=O)N2CCCC2)cc1)c1ccc(S(=O)(=O)N2CCOCC2)cc1. The number of nitrogens with zero attached hydrogens (tertiary/aromatic N) is 3. The maximum Gasteiger partial charge on any atom is 0.245 e. The molecule has 0 bridgehead atoms. The topological polar surface area (TPSA) is 150 Å². The van der Waals surface area contributed by atoms with Crippen molar-refractivity contribution in [2.75, 3.05) is 61.8 Å². The first-order chi connectivity index (χ1) is 17.9. The quantitative estimate of drug-likeness (QED) is 0.455. The first-order valence-electron chi connectivity index (χ1n) is 11.9. The molecule has 38 heavy (non-hydrogen) atoms. The van der Waals surface area contributed by atoms with Gasteiger partial charge in [0.15, 0.2) is 0 Å². The van der Waals surface area contributed by atoms with Gasteiger partial charge in [-0.15, -0.1) is 0 Å². The summed E-state index contributed by atoms with van der Waals surface area (Å²) in [6, 6.07) is 10.9. The molecule has 0 aliphatic carbocycles. The molecule has 15 heteroatoms. The Morgan fingerprint density at radius 2 is 1.26 bits per heavy atom. The van der Waals surface area contributed by atoms with Gasteiger partial charge < -0.3 is 10.1 Å². The zero-order valence-electron chi connectivity index (χ0n) is 20.8. The number of benzene rings is 2. The van der Waals surface area contributed by atoms with Crippen LogP contribution in [0.2, 0.25) is 0 Å². The molecular weight excluding hydrogens is 556 g/mol. The second-order valence-corrected chi connectivity index (χ2v) is 14.7. The van der Waals surface area contributed by atoms with Crippen LogP contribution < -0.4 is 9.62 Å². The van der Waals surface area contributed by atoms with E-state index in [-0.39, 0.29) is 28.6 Å². The summed E-state index contributed by atoms with van der Waals surface area (Å²) < 4.78 is 84.7. The minimum Gasteiger partial charge on any atom is -0.379 e. The van der Waals surface area contributed by atoms with E-state index in [1.807, 2.05) is 0 Å². The predicted molar refractivity (Wildman–Crippen MR) is 141 cm³/mol. The van der Waals surface area contributed by atoms with Crippen LogP contribution in [0, 0.1) is 0 Å². The number of carbonyl (C=O) groups excluding carboxylic acids is 1. The summed E-state index contributed by atoms with van der Waals surface area (Å²) in [4.78, 5) is 12.8. The molecule has 2 aliphatic rings. The molecule has 0 atom stereocenters. The molecule has 0 saturated carbocycles. The molecule has 2 aliphatic heterocycles. The molecule has 208 valence electrons. The lowest BCUT2D eigenvalue weighted by atomic mass is 10.3. The normalized spacial score (nSPS) is 17.8. The van der Waals surface area contributed by atoms with Gasteiger partial charge in [0, 0.05) is 31.9 Å². The number of ether oxygens (including phenoxy) is 1. The van der Waals surface area contributed by atoms with Crippen molar-refractivity contribution in [3.63, 3.8) is 0 Å². The molecule has 0 radical (unpaired) electrons. The van der Waals surface area contributed by atoms with Crippen LogP contribution >= 0.6 is 0 Å². The first-order valence-corrected chi connectivity index (χ1v) is 16.7. The largest absolute Gasteiger partial charge is 0.379 e. The summed E-state index contributed by atoms with van der Waals surface area (Å²) in [5.41, 5.74) is 0.423. The molecule has 2 heterocycles. The number of morpholine rings is 1. The van der Waals surface area contributed by atoms with E-state index in [4.69, 9.17) is 4.74 Å². The van der Waals surface area contributed by atoms with E-state index in [9.17, 15) is 30.0 Å². The average molecular weight is 587 g/mol. The second-order valence-electron chi connectivity index (χ2n) is 8.96. The Morgan fingerprint density at radius 3 is 1.76 bits per heavy atom. The van der Waals surface area contributed by atoms with Crippen LogP contribution in [0.5, 0.6) is 0 Å². The minimum absolute atomic E-state index is 0.00465. The fourth-order valence-corrected chi connectivity index (χ4v) is 8.02. The van der Waals surface area contributed by atoms with Gasteiger partial charge in [-0.2, -0.15) is 8.61 Å². The van der Waals surface area contributed by atoms with Crippen LogP contribution in [0.25, 0.3) is 0 Å². The third-order valence-corrected chi connectivity index (χ3v) is 11.2. The van der Waals surface area contributed by atoms with Crippen LogP contribution in [-0.2, 0) is 39.6 Å². The highest BCUT2D eigenvalue weighted by Gasteiger charge is 2.28. The molecule has 0 spiro atoms. The van der Waals surface area contributed by atoms with Crippen LogP contribution in [0.4, 0.5) is 11.4 Å². The number of hydrogen-bond donors (Lipinski definition) is 1. The van der Waals surface area contributed by atoms with E-state index < -0.39 is 42.5 Å². The van der Waals surface area contributed by atoms with E-state index >= 15 is 0 Å². The van der Waals surface area contributed by atoms with E-state index in [1.165, 1.54) is 57.1 Å². The average Bonchev–Trinajstić information content (AvgIpc) is 3.44. The fourth-order valence-electron chi connectivity index (χ4n) is 4.24. The number of anilines is 2. The lowest BCUT2D eigenvalue weighted by Crippen LogP contribution is -2.40. The van der Waals surface area contributed by atoms with Crippen molar-refractivity contribution in [3.05, 3.63) is 48.5 Å². The Hall–Kier alpha value is -2.56.